The van der Waals surface area contributed by atoms with Crippen molar-refractivity contribution in [3.63, 3.8) is 0 Å². The molecule has 0 saturated carbocycles. The van der Waals surface area contributed by atoms with Gasteiger partial charge in [-0.3, -0.25) is 9.59 Å². The third kappa shape index (κ3) is 6.22. The van der Waals surface area contributed by atoms with Crippen molar-refractivity contribution in [3.8, 4) is 11.5 Å². The summed E-state index contributed by atoms with van der Waals surface area (Å²) < 4.78 is 11.7. The van der Waals surface area contributed by atoms with Crippen LogP contribution in [0.5, 0.6) is 11.5 Å². The summed E-state index contributed by atoms with van der Waals surface area (Å²) in [6, 6.07) is 13.5. The molecule has 7 nitrogen and oxygen atoms in total. The summed E-state index contributed by atoms with van der Waals surface area (Å²) in [5.74, 6) is 0.0895. The number of benzene rings is 2. The van der Waals surface area contributed by atoms with Crippen LogP contribution in [0.3, 0.4) is 0 Å². The summed E-state index contributed by atoms with van der Waals surface area (Å²) >= 11 is 0. The van der Waals surface area contributed by atoms with Crippen LogP contribution in [-0.2, 0) is 9.59 Å². The van der Waals surface area contributed by atoms with Crippen molar-refractivity contribution in [3.05, 3.63) is 65.2 Å². The minimum absolute atomic E-state index is 0.0596. The Balaban J connectivity index is 2.09. The van der Waals surface area contributed by atoms with Gasteiger partial charge in [-0.25, -0.2) is 0 Å². The van der Waals surface area contributed by atoms with E-state index in [4.69, 9.17) is 9.47 Å². The molecule has 1 heterocycles. The molecule has 1 unspecified atom stereocenters. The molecular weight excluding hydrogens is 444 g/mol. The first-order chi connectivity index (χ1) is 16.6. The van der Waals surface area contributed by atoms with Crippen LogP contribution in [0.1, 0.15) is 44.9 Å². The Kier molecular flexibility index (Phi) is 8.57. The van der Waals surface area contributed by atoms with Crippen molar-refractivity contribution in [1.82, 2.24) is 9.80 Å². The average molecular weight is 481 g/mol. The van der Waals surface area contributed by atoms with E-state index in [1.807, 2.05) is 57.1 Å². The van der Waals surface area contributed by atoms with Crippen molar-refractivity contribution >= 4 is 17.4 Å². The van der Waals surface area contributed by atoms with Crippen molar-refractivity contribution in [2.45, 2.75) is 39.8 Å². The normalized spacial score (nSPS) is 17.6. The molecular formula is C28H36N2O5. The number of likely N-dealkylation sites (tertiary alicyclic amines) is 1. The molecule has 3 rings (SSSR count). The molecule has 1 aliphatic rings. The first-order valence-electron chi connectivity index (χ1n) is 12.0. The van der Waals surface area contributed by atoms with Crippen LogP contribution in [0.15, 0.2) is 54.1 Å². The van der Waals surface area contributed by atoms with E-state index < -0.39 is 17.7 Å². The van der Waals surface area contributed by atoms with Gasteiger partial charge in [0, 0.05) is 24.2 Å². The van der Waals surface area contributed by atoms with E-state index in [9.17, 15) is 14.7 Å². The number of carbonyl (C=O) groups excluding carboxylic acids is 2. The zero-order valence-corrected chi connectivity index (χ0v) is 21.4. The Morgan fingerprint density at radius 1 is 1.03 bits per heavy atom. The third-order valence-corrected chi connectivity index (χ3v) is 5.62. The molecule has 1 fully saturated rings. The number of amides is 1. The largest absolute Gasteiger partial charge is 0.507 e. The smallest absolute Gasteiger partial charge is 0.295 e. The molecule has 35 heavy (non-hydrogen) atoms. The maximum atomic E-state index is 13.2. The fraction of sp³-hybridized carbons (Fsp3) is 0.429. The number of hydrogen-bond donors (Lipinski definition) is 1. The molecule has 0 spiro atoms. The van der Waals surface area contributed by atoms with E-state index in [1.165, 1.54) is 4.90 Å². The average Bonchev–Trinajstić information content (AvgIpc) is 3.06. The monoisotopic (exact) mass is 480 g/mol. The first-order valence-corrected chi connectivity index (χ1v) is 12.0. The van der Waals surface area contributed by atoms with Gasteiger partial charge in [-0.05, 0) is 64.2 Å². The number of aliphatic hydroxyl groups is 1. The number of aliphatic hydroxyl groups excluding tert-OH is 1. The van der Waals surface area contributed by atoms with Gasteiger partial charge in [0.15, 0.2) is 0 Å². The maximum Gasteiger partial charge on any atom is 0.295 e. The zero-order valence-electron chi connectivity index (χ0n) is 21.4. The number of likely N-dealkylation sites (N-methyl/N-ethyl adjacent to an activating group) is 1. The zero-order chi connectivity index (χ0) is 25.7. The van der Waals surface area contributed by atoms with E-state index in [2.05, 4.69) is 13.8 Å². The Morgan fingerprint density at radius 2 is 1.69 bits per heavy atom. The molecule has 1 amide bonds. The molecule has 0 aromatic heterocycles. The molecule has 0 aliphatic carbocycles. The van der Waals surface area contributed by atoms with Gasteiger partial charge in [-0.15, -0.1) is 0 Å². The van der Waals surface area contributed by atoms with Gasteiger partial charge in [0.2, 0.25) is 0 Å². The van der Waals surface area contributed by atoms with Crippen LogP contribution in [-0.4, -0.2) is 66.5 Å². The molecule has 1 N–H and O–H groups in total. The van der Waals surface area contributed by atoms with Crippen LogP contribution in [0.2, 0.25) is 0 Å². The summed E-state index contributed by atoms with van der Waals surface area (Å²) in [7, 11) is 3.81. The van der Waals surface area contributed by atoms with Gasteiger partial charge in [0.05, 0.1) is 24.3 Å². The Bertz CT molecular complexity index is 1070. The highest BCUT2D eigenvalue weighted by molar-refractivity contribution is 6.46. The van der Waals surface area contributed by atoms with Gasteiger partial charge < -0.3 is 24.4 Å². The van der Waals surface area contributed by atoms with Gasteiger partial charge in [0.25, 0.3) is 11.7 Å². The number of ether oxygens (including phenoxy) is 2. The SMILES string of the molecule is CC(C)COc1ccc(/C(O)=C2/C(=O)C(=O)N(CCN(C)C)C2c2ccccc2OC(C)C)cc1. The van der Waals surface area contributed by atoms with E-state index in [0.717, 1.165) is 0 Å². The molecule has 0 bridgehead atoms. The lowest BCUT2D eigenvalue weighted by molar-refractivity contribution is -0.140. The van der Waals surface area contributed by atoms with Crippen LogP contribution in [0.4, 0.5) is 0 Å². The summed E-state index contributed by atoms with van der Waals surface area (Å²) in [5.41, 5.74) is 1.17. The number of Topliss-reactive ketones (excluding diaryl/α,β-unsaturated/α-hetero) is 1. The van der Waals surface area contributed by atoms with Crippen molar-refractivity contribution in [2.75, 3.05) is 33.8 Å². The molecule has 188 valence electrons. The van der Waals surface area contributed by atoms with E-state index in [0.29, 0.717) is 48.2 Å². The lowest BCUT2D eigenvalue weighted by Crippen LogP contribution is -2.35. The first kappa shape index (κ1) is 26.3. The predicted octanol–water partition coefficient (Wildman–Crippen LogP) is 4.49. The lowest BCUT2D eigenvalue weighted by Gasteiger charge is -2.28. The fourth-order valence-electron chi connectivity index (χ4n) is 3.94. The Labute approximate surface area is 207 Å². The molecule has 2 aromatic rings. The lowest BCUT2D eigenvalue weighted by atomic mass is 9.94. The van der Waals surface area contributed by atoms with Gasteiger partial charge in [-0.1, -0.05) is 32.0 Å². The van der Waals surface area contributed by atoms with Crippen molar-refractivity contribution in [1.29, 1.82) is 0 Å². The molecule has 7 heteroatoms. The van der Waals surface area contributed by atoms with Gasteiger partial charge in [-0.2, -0.15) is 0 Å². The Morgan fingerprint density at radius 3 is 2.29 bits per heavy atom. The topological polar surface area (TPSA) is 79.3 Å². The molecule has 1 saturated heterocycles. The van der Waals surface area contributed by atoms with Crippen LogP contribution >= 0.6 is 0 Å². The predicted molar refractivity (Wildman–Crippen MR) is 137 cm³/mol. The number of carbonyl (C=O) groups is 2. The van der Waals surface area contributed by atoms with Crippen molar-refractivity contribution in [2.24, 2.45) is 5.92 Å². The van der Waals surface area contributed by atoms with Crippen LogP contribution in [0.25, 0.3) is 5.76 Å². The fourth-order valence-corrected chi connectivity index (χ4v) is 3.94. The highest BCUT2D eigenvalue weighted by Crippen LogP contribution is 2.42. The van der Waals surface area contributed by atoms with Crippen LogP contribution in [0, 0.1) is 5.92 Å². The quantitative estimate of drug-likeness (QED) is 0.307. The molecule has 1 atom stereocenters. The summed E-state index contributed by atoms with van der Waals surface area (Å²) in [6.45, 7) is 9.45. The minimum atomic E-state index is -0.762. The summed E-state index contributed by atoms with van der Waals surface area (Å²) in [4.78, 5) is 29.9. The number of para-hydroxylation sites is 1. The molecule has 2 aromatic carbocycles. The maximum absolute atomic E-state index is 13.2. The van der Waals surface area contributed by atoms with E-state index in [-0.39, 0.29) is 17.4 Å². The number of hydrogen-bond acceptors (Lipinski definition) is 6. The number of rotatable bonds is 10. The molecule has 1 aliphatic heterocycles. The summed E-state index contributed by atoms with van der Waals surface area (Å²) in [6.07, 6.45) is -0.0985. The van der Waals surface area contributed by atoms with E-state index in [1.54, 1.807) is 24.3 Å². The number of ketones is 1. The van der Waals surface area contributed by atoms with E-state index >= 15 is 0 Å². The van der Waals surface area contributed by atoms with Gasteiger partial charge in [0.1, 0.15) is 17.3 Å². The number of nitrogens with zero attached hydrogens (tertiary/aromatic N) is 2. The van der Waals surface area contributed by atoms with Crippen LogP contribution < -0.4 is 9.47 Å². The summed E-state index contributed by atoms with van der Waals surface area (Å²) in [5, 5.41) is 11.3. The Hall–Kier alpha value is -3.32. The van der Waals surface area contributed by atoms with Crippen molar-refractivity contribution < 1.29 is 24.2 Å². The molecule has 0 radical (unpaired) electrons. The second-order valence-corrected chi connectivity index (χ2v) is 9.73. The highest BCUT2D eigenvalue weighted by atomic mass is 16.5. The minimum Gasteiger partial charge on any atom is -0.507 e. The highest BCUT2D eigenvalue weighted by Gasteiger charge is 2.46. The van der Waals surface area contributed by atoms with Gasteiger partial charge >= 0.3 is 0 Å². The third-order valence-electron chi connectivity index (χ3n) is 5.62. The standard InChI is InChI=1S/C28H36N2O5/c1-18(2)17-34-21-13-11-20(12-14-21)26(31)24-25(22-9-7-8-10-23(22)35-19(3)4)30(16-15-29(5)6)28(33)27(24)32/h7-14,18-19,25,31H,15-17H2,1-6H3/b26-24-. The second kappa shape index (κ2) is 11.4. The second-order valence-electron chi connectivity index (χ2n) is 9.73.